The molecule has 0 spiro atoms. The highest BCUT2D eigenvalue weighted by molar-refractivity contribution is 4.78. The average Bonchev–Trinajstić information content (AvgIpc) is 2.58. The van der Waals surface area contributed by atoms with Crippen molar-refractivity contribution in [2.75, 3.05) is 6.61 Å². The molecule has 0 radical (unpaired) electrons. The van der Waals surface area contributed by atoms with E-state index >= 15 is 0 Å². The summed E-state index contributed by atoms with van der Waals surface area (Å²) in [7, 11) is 1.73. The summed E-state index contributed by atoms with van der Waals surface area (Å²) in [5.74, 6) is 1.21. The van der Waals surface area contributed by atoms with Crippen LogP contribution < -0.4 is 5.32 Å². The number of nitrogens with one attached hydrogen (secondary N) is 1. The van der Waals surface area contributed by atoms with Crippen molar-refractivity contribution in [3.05, 3.63) is 5.82 Å². The van der Waals surface area contributed by atoms with Crippen molar-refractivity contribution in [2.24, 2.45) is 13.0 Å². The summed E-state index contributed by atoms with van der Waals surface area (Å²) in [6, 6.07) is 0.105. The molecule has 0 bridgehead atoms. The number of hydrogen-bond donors (Lipinski definition) is 2. The standard InChI is InChI=1S/C9H19N5O/c1-7(2)4-8(6-15)10-5-9-11-13-14(3)12-9/h7-8,10,15H,4-6H2,1-3H3. The lowest BCUT2D eigenvalue weighted by Crippen LogP contribution is -2.33. The lowest BCUT2D eigenvalue weighted by Gasteiger charge is -2.16. The Morgan fingerprint density at radius 1 is 1.47 bits per heavy atom. The summed E-state index contributed by atoms with van der Waals surface area (Å²) >= 11 is 0. The highest BCUT2D eigenvalue weighted by Crippen LogP contribution is 2.04. The second-order valence-electron chi connectivity index (χ2n) is 4.09. The molecular formula is C9H19N5O. The van der Waals surface area contributed by atoms with Crippen molar-refractivity contribution in [1.82, 2.24) is 25.5 Å². The SMILES string of the molecule is CC(C)CC(CO)NCc1nnn(C)n1. The van der Waals surface area contributed by atoms with E-state index < -0.39 is 0 Å². The topological polar surface area (TPSA) is 75.9 Å². The van der Waals surface area contributed by atoms with E-state index in [1.165, 1.54) is 4.80 Å². The van der Waals surface area contributed by atoms with E-state index in [-0.39, 0.29) is 12.6 Å². The third kappa shape index (κ3) is 4.35. The molecule has 86 valence electrons. The van der Waals surface area contributed by atoms with Gasteiger partial charge in [0.2, 0.25) is 0 Å². The Kier molecular flexibility index (Phi) is 4.64. The fraction of sp³-hybridized carbons (Fsp3) is 0.889. The summed E-state index contributed by atoms with van der Waals surface area (Å²) < 4.78 is 0. The summed E-state index contributed by atoms with van der Waals surface area (Å²) in [5, 5.41) is 24.0. The molecule has 1 aromatic heterocycles. The van der Waals surface area contributed by atoms with Gasteiger partial charge in [-0.25, -0.2) is 0 Å². The van der Waals surface area contributed by atoms with Gasteiger partial charge in [0.1, 0.15) is 0 Å². The number of aryl methyl sites for hydroxylation is 1. The maximum atomic E-state index is 9.13. The molecule has 0 aliphatic heterocycles. The van der Waals surface area contributed by atoms with Gasteiger partial charge >= 0.3 is 0 Å². The number of rotatable bonds is 6. The zero-order valence-electron chi connectivity index (χ0n) is 9.51. The highest BCUT2D eigenvalue weighted by atomic mass is 16.3. The summed E-state index contributed by atoms with van der Waals surface area (Å²) in [4.78, 5) is 1.42. The molecule has 1 atom stereocenters. The average molecular weight is 213 g/mol. The number of hydrogen-bond acceptors (Lipinski definition) is 5. The minimum atomic E-state index is 0.105. The predicted octanol–water partition coefficient (Wildman–Crippen LogP) is -0.293. The molecule has 6 heteroatoms. The molecule has 1 unspecified atom stereocenters. The molecule has 1 rings (SSSR count). The van der Waals surface area contributed by atoms with Crippen molar-refractivity contribution >= 4 is 0 Å². The van der Waals surface area contributed by atoms with Crippen LogP contribution in [0.3, 0.4) is 0 Å². The fourth-order valence-electron chi connectivity index (χ4n) is 1.42. The van der Waals surface area contributed by atoms with Gasteiger partial charge in [-0.15, -0.1) is 10.2 Å². The number of tetrazole rings is 1. The van der Waals surface area contributed by atoms with Crippen molar-refractivity contribution in [2.45, 2.75) is 32.9 Å². The van der Waals surface area contributed by atoms with Gasteiger partial charge in [0.15, 0.2) is 5.82 Å². The van der Waals surface area contributed by atoms with Gasteiger partial charge in [0.25, 0.3) is 0 Å². The first kappa shape index (κ1) is 12.1. The highest BCUT2D eigenvalue weighted by Gasteiger charge is 2.10. The molecule has 2 N–H and O–H groups in total. The largest absolute Gasteiger partial charge is 0.395 e. The van der Waals surface area contributed by atoms with E-state index in [0.717, 1.165) is 6.42 Å². The normalized spacial score (nSPS) is 13.4. The maximum absolute atomic E-state index is 9.13. The van der Waals surface area contributed by atoms with Crippen LogP contribution in [0.5, 0.6) is 0 Å². The van der Waals surface area contributed by atoms with Crippen molar-refractivity contribution in [1.29, 1.82) is 0 Å². The first-order valence-electron chi connectivity index (χ1n) is 5.19. The molecule has 0 aliphatic rings. The van der Waals surface area contributed by atoms with E-state index in [2.05, 4.69) is 34.6 Å². The van der Waals surface area contributed by atoms with Crippen molar-refractivity contribution < 1.29 is 5.11 Å². The van der Waals surface area contributed by atoms with Crippen LogP contribution in [0.2, 0.25) is 0 Å². The lowest BCUT2D eigenvalue weighted by atomic mass is 10.0. The predicted molar refractivity (Wildman–Crippen MR) is 56.0 cm³/mol. The van der Waals surface area contributed by atoms with Gasteiger partial charge in [-0.05, 0) is 17.6 Å². The van der Waals surface area contributed by atoms with Crippen LogP contribution in [-0.4, -0.2) is 38.0 Å². The molecule has 0 fully saturated rings. The van der Waals surface area contributed by atoms with Gasteiger partial charge < -0.3 is 10.4 Å². The van der Waals surface area contributed by atoms with Gasteiger partial charge in [-0.1, -0.05) is 13.8 Å². The third-order valence-corrected chi connectivity index (χ3v) is 2.07. The van der Waals surface area contributed by atoms with E-state index in [9.17, 15) is 0 Å². The Labute approximate surface area is 89.7 Å². The Balaban J connectivity index is 2.34. The summed E-state index contributed by atoms with van der Waals surface area (Å²) in [6.07, 6.45) is 0.941. The van der Waals surface area contributed by atoms with Gasteiger partial charge in [-0.2, -0.15) is 4.80 Å². The summed E-state index contributed by atoms with van der Waals surface area (Å²) in [5.41, 5.74) is 0. The minimum absolute atomic E-state index is 0.105. The Morgan fingerprint density at radius 2 is 2.20 bits per heavy atom. The van der Waals surface area contributed by atoms with Crippen LogP contribution in [0.1, 0.15) is 26.1 Å². The Bertz CT molecular complexity index is 286. The Morgan fingerprint density at radius 3 is 2.67 bits per heavy atom. The molecule has 0 aliphatic carbocycles. The van der Waals surface area contributed by atoms with E-state index in [0.29, 0.717) is 18.3 Å². The van der Waals surface area contributed by atoms with Gasteiger partial charge in [-0.3, -0.25) is 0 Å². The second kappa shape index (κ2) is 5.77. The molecule has 1 aromatic rings. The van der Waals surface area contributed by atoms with E-state index in [1.807, 2.05) is 0 Å². The molecule has 0 saturated carbocycles. The quantitative estimate of drug-likeness (QED) is 0.679. The molecule has 6 nitrogen and oxygen atoms in total. The Hall–Kier alpha value is -1.01. The van der Waals surface area contributed by atoms with Gasteiger partial charge in [0.05, 0.1) is 20.2 Å². The smallest absolute Gasteiger partial charge is 0.188 e. The zero-order chi connectivity index (χ0) is 11.3. The fourth-order valence-corrected chi connectivity index (χ4v) is 1.42. The summed E-state index contributed by atoms with van der Waals surface area (Å²) in [6.45, 7) is 4.94. The lowest BCUT2D eigenvalue weighted by molar-refractivity contribution is 0.222. The second-order valence-corrected chi connectivity index (χ2v) is 4.09. The molecule has 0 saturated heterocycles. The van der Waals surface area contributed by atoms with Crippen LogP contribution in [0.15, 0.2) is 0 Å². The van der Waals surface area contributed by atoms with E-state index in [1.54, 1.807) is 7.05 Å². The van der Waals surface area contributed by atoms with Crippen LogP contribution in [-0.2, 0) is 13.6 Å². The first-order valence-corrected chi connectivity index (χ1v) is 5.19. The van der Waals surface area contributed by atoms with Crippen molar-refractivity contribution in [3.8, 4) is 0 Å². The molecule has 1 heterocycles. The van der Waals surface area contributed by atoms with E-state index in [4.69, 9.17) is 5.11 Å². The molecule has 0 amide bonds. The maximum Gasteiger partial charge on any atom is 0.188 e. The number of aromatic nitrogens is 4. The first-order chi connectivity index (χ1) is 7.11. The number of nitrogens with zero attached hydrogens (tertiary/aromatic N) is 4. The van der Waals surface area contributed by atoms with Crippen LogP contribution in [0.4, 0.5) is 0 Å². The number of aliphatic hydroxyl groups excluding tert-OH is 1. The third-order valence-electron chi connectivity index (χ3n) is 2.07. The van der Waals surface area contributed by atoms with Gasteiger partial charge in [0, 0.05) is 6.04 Å². The van der Waals surface area contributed by atoms with Crippen LogP contribution in [0.25, 0.3) is 0 Å². The van der Waals surface area contributed by atoms with Crippen LogP contribution >= 0.6 is 0 Å². The minimum Gasteiger partial charge on any atom is -0.395 e. The number of aliphatic hydroxyl groups is 1. The molecular weight excluding hydrogens is 194 g/mol. The van der Waals surface area contributed by atoms with Crippen molar-refractivity contribution in [3.63, 3.8) is 0 Å². The molecule has 0 aromatic carbocycles. The monoisotopic (exact) mass is 213 g/mol. The molecule has 15 heavy (non-hydrogen) atoms. The van der Waals surface area contributed by atoms with Crippen LogP contribution in [0, 0.1) is 5.92 Å². The zero-order valence-corrected chi connectivity index (χ0v) is 9.51.